The van der Waals surface area contributed by atoms with Crippen LogP contribution in [-0.4, -0.2) is 33.2 Å². The van der Waals surface area contributed by atoms with E-state index in [1.165, 1.54) is 13.2 Å². The maximum absolute atomic E-state index is 10.3. The Bertz CT molecular complexity index is 710. The normalized spacial score (nSPS) is 12.1. The zero-order valence-electron chi connectivity index (χ0n) is 12.5. The number of fused-ring (bicyclic) bond motifs is 1. The van der Waals surface area contributed by atoms with Crippen LogP contribution in [0.2, 0.25) is 0 Å². The van der Waals surface area contributed by atoms with E-state index in [2.05, 4.69) is 0 Å². The van der Waals surface area contributed by atoms with Crippen LogP contribution in [0, 0.1) is 0 Å². The van der Waals surface area contributed by atoms with Gasteiger partial charge in [-0.3, -0.25) is 0 Å². The van der Waals surface area contributed by atoms with Crippen molar-refractivity contribution in [3.8, 4) is 45.6 Å². The van der Waals surface area contributed by atoms with Crippen molar-refractivity contribution in [2.75, 3.05) is 28.1 Å². The minimum Gasteiger partial charge on any atom is -0.507 e. The van der Waals surface area contributed by atoms with E-state index in [-0.39, 0.29) is 12.5 Å². The van der Waals surface area contributed by atoms with E-state index in [0.29, 0.717) is 39.9 Å². The van der Waals surface area contributed by atoms with E-state index in [1.54, 1.807) is 32.4 Å². The lowest BCUT2D eigenvalue weighted by Crippen LogP contribution is -1.95. The number of benzene rings is 2. The van der Waals surface area contributed by atoms with Crippen LogP contribution >= 0.6 is 0 Å². The molecule has 0 spiro atoms. The number of rotatable bonds is 4. The highest BCUT2D eigenvalue weighted by molar-refractivity contribution is 5.83. The second kappa shape index (κ2) is 5.55. The molecule has 0 bridgehead atoms. The first-order chi connectivity index (χ1) is 10.7. The molecule has 1 aliphatic heterocycles. The topological polar surface area (TPSA) is 66.4 Å². The van der Waals surface area contributed by atoms with Gasteiger partial charge in [-0.2, -0.15) is 0 Å². The molecule has 6 heteroatoms. The minimum atomic E-state index is 0.0355. The maximum Gasteiger partial charge on any atom is 0.231 e. The number of phenolic OH excluding ortho intramolecular Hbond substituents is 1. The van der Waals surface area contributed by atoms with Crippen molar-refractivity contribution in [2.45, 2.75) is 0 Å². The lowest BCUT2D eigenvalue weighted by molar-refractivity contribution is 0.171. The number of ether oxygens (including phenoxy) is 5. The lowest BCUT2D eigenvalue weighted by atomic mass is 10.0. The van der Waals surface area contributed by atoms with Gasteiger partial charge in [-0.1, -0.05) is 6.07 Å². The molecule has 0 aliphatic carbocycles. The van der Waals surface area contributed by atoms with Gasteiger partial charge in [-0.25, -0.2) is 0 Å². The summed E-state index contributed by atoms with van der Waals surface area (Å²) in [6, 6.07) is 6.84. The number of methoxy groups -OCH3 is 3. The van der Waals surface area contributed by atoms with Gasteiger partial charge in [0.05, 0.1) is 26.9 Å². The van der Waals surface area contributed by atoms with Crippen molar-refractivity contribution in [3.05, 3.63) is 24.3 Å². The molecule has 1 heterocycles. The molecule has 0 atom stereocenters. The molecule has 0 unspecified atom stereocenters. The first kappa shape index (κ1) is 14.2. The number of hydrogen-bond donors (Lipinski definition) is 1. The van der Waals surface area contributed by atoms with Gasteiger partial charge >= 0.3 is 0 Å². The van der Waals surface area contributed by atoms with E-state index in [1.807, 2.05) is 0 Å². The summed E-state index contributed by atoms with van der Waals surface area (Å²) >= 11 is 0. The Morgan fingerprint density at radius 1 is 0.955 bits per heavy atom. The molecular weight excluding hydrogens is 288 g/mol. The Morgan fingerprint density at radius 3 is 2.41 bits per heavy atom. The first-order valence-electron chi connectivity index (χ1n) is 6.61. The van der Waals surface area contributed by atoms with E-state index in [9.17, 15) is 5.11 Å². The van der Waals surface area contributed by atoms with Crippen molar-refractivity contribution in [3.63, 3.8) is 0 Å². The monoisotopic (exact) mass is 304 g/mol. The summed E-state index contributed by atoms with van der Waals surface area (Å²) < 4.78 is 26.7. The van der Waals surface area contributed by atoms with Crippen LogP contribution in [0.4, 0.5) is 0 Å². The van der Waals surface area contributed by atoms with Gasteiger partial charge in [0.25, 0.3) is 0 Å². The molecule has 116 valence electrons. The van der Waals surface area contributed by atoms with E-state index < -0.39 is 0 Å². The van der Waals surface area contributed by atoms with Crippen molar-refractivity contribution in [2.24, 2.45) is 0 Å². The van der Waals surface area contributed by atoms with Crippen LogP contribution < -0.4 is 23.7 Å². The summed E-state index contributed by atoms with van der Waals surface area (Å²) in [4.78, 5) is 0. The van der Waals surface area contributed by atoms with Gasteiger partial charge in [0, 0.05) is 6.07 Å². The predicted molar refractivity (Wildman–Crippen MR) is 79.3 cm³/mol. The quantitative estimate of drug-likeness (QED) is 0.937. The van der Waals surface area contributed by atoms with Crippen molar-refractivity contribution in [1.82, 2.24) is 0 Å². The highest BCUT2D eigenvalue weighted by Crippen LogP contribution is 2.52. The SMILES string of the molecule is COc1ccc(-c2c(O)cc3c(c2OC)OCO3)cc1OC. The summed E-state index contributed by atoms with van der Waals surface area (Å²) in [5, 5.41) is 10.3. The fraction of sp³-hybridized carbons (Fsp3) is 0.250. The molecule has 0 amide bonds. The second-order valence-corrected chi connectivity index (χ2v) is 4.61. The first-order valence-corrected chi connectivity index (χ1v) is 6.61. The molecule has 0 fully saturated rings. The fourth-order valence-electron chi connectivity index (χ4n) is 2.46. The molecule has 6 nitrogen and oxygen atoms in total. The molecular formula is C16H16O6. The third kappa shape index (κ3) is 2.13. The molecule has 3 rings (SSSR count). The minimum absolute atomic E-state index is 0.0355. The van der Waals surface area contributed by atoms with E-state index in [4.69, 9.17) is 23.7 Å². The highest BCUT2D eigenvalue weighted by Gasteiger charge is 2.26. The van der Waals surface area contributed by atoms with Gasteiger partial charge in [-0.15, -0.1) is 0 Å². The Hall–Kier alpha value is -2.76. The summed E-state index contributed by atoms with van der Waals surface area (Å²) in [6.07, 6.45) is 0. The van der Waals surface area contributed by atoms with Gasteiger partial charge in [0.1, 0.15) is 5.75 Å². The molecule has 1 aliphatic rings. The summed E-state index contributed by atoms with van der Waals surface area (Å²) in [6.45, 7) is 0.0977. The van der Waals surface area contributed by atoms with Crippen LogP contribution in [0.15, 0.2) is 24.3 Å². The van der Waals surface area contributed by atoms with Gasteiger partial charge < -0.3 is 28.8 Å². The zero-order chi connectivity index (χ0) is 15.7. The van der Waals surface area contributed by atoms with Crippen molar-refractivity contribution >= 4 is 0 Å². The molecule has 1 N–H and O–H groups in total. The number of aromatic hydroxyl groups is 1. The summed E-state index contributed by atoms with van der Waals surface area (Å²) in [7, 11) is 4.63. The van der Waals surface area contributed by atoms with Crippen LogP contribution in [0.1, 0.15) is 0 Å². The van der Waals surface area contributed by atoms with Gasteiger partial charge in [0.15, 0.2) is 23.0 Å². The van der Waals surface area contributed by atoms with Crippen molar-refractivity contribution in [1.29, 1.82) is 0 Å². The average molecular weight is 304 g/mol. The molecule has 0 saturated carbocycles. The summed E-state index contributed by atoms with van der Waals surface area (Å²) in [5.41, 5.74) is 1.22. The zero-order valence-corrected chi connectivity index (χ0v) is 12.5. The fourth-order valence-corrected chi connectivity index (χ4v) is 2.46. The second-order valence-electron chi connectivity index (χ2n) is 4.61. The standard InChI is InChI=1S/C16H16O6/c1-18-11-5-4-9(6-12(11)19-2)14-10(17)7-13-15(16(14)20-3)22-8-21-13/h4-7,17H,8H2,1-3H3. The Kier molecular flexibility index (Phi) is 3.58. The Labute approximate surface area is 127 Å². The van der Waals surface area contributed by atoms with Crippen LogP contribution in [0.5, 0.6) is 34.5 Å². The lowest BCUT2D eigenvalue weighted by Gasteiger charge is -2.15. The highest BCUT2D eigenvalue weighted by atomic mass is 16.7. The molecule has 0 radical (unpaired) electrons. The van der Waals surface area contributed by atoms with Crippen molar-refractivity contribution < 1.29 is 28.8 Å². The van der Waals surface area contributed by atoms with Crippen LogP contribution in [0.25, 0.3) is 11.1 Å². The molecule has 2 aromatic carbocycles. The molecule has 22 heavy (non-hydrogen) atoms. The van der Waals surface area contributed by atoms with E-state index in [0.717, 1.165) is 0 Å². The summed E-state index contributed by atoms with van der Waals surface area (Å²) in [5.74, 6) is 2.54. The smallest absolute Gasteiger partial charge is 0.231 e. The van der Waals surface area contributed by atoms with Crippen LogP contribution in [0.3, 0.4) is 0 Å². The Morgan fingerprint density at radius 2 is 1.73 bits per heavy atom. The predicted octanol–water partition coefficient (Wildman–Crippen LogP) is 2.81. The third-order valence-corrected chi connectivity index (χ3v) is 3.48. The molecule has 2 aromatic rings. The van der Waals surface area contributed by atoms with Gasteiger partial charge in [0.2, 0.25) is 12.5 Å². The molecule has 0 aromatic heterocycles. The number of phenols is 1. The average Bonchev–Trinajstić information content (AvgIpc) is 3.00. The third-order valence-electron chi connectivity index (χ3n) is 3.48. The molecule has 0 saturated heterocycles. The van der Waals surface area contributed by atoms with E-state index >= 15 is 0 Å². The maximum atomic E-state index is 10.3. The largest absolute Gasteiger partial charge is 0.507 e. The number of hydrogen-bond acceptors (Lipinski definition) is 6. The van der Waals surface area contributed by atoms with Crippen LogP contribution in [-0.2, 0) is 0 Å². The Balaban J connectivity index is 2.20. The van der Waals surface area contributed by atoms with Gasteiger partial charge in [-0.05, 0) is 17.7 Å².